The minimum atomic E-state index is -1.04. The number of ether oxygens (including phenoxy) is 1. The Bertz CT molecular complexity index is 537. The van der Waals surface area contributed by atoms with E-state index in [1.54, 1.807) is 0 Å². The van der Waals surface area contributed by atoms with E-state index in [1.165, 1.54) is 17.0 Å². The summed E-state index contributed by atoms with van der Waals surface area (Å²) in [7, 11) is 0. The van der Waals surface area contributed by atoms with E-state index < -0.39 is 28.4 Å². The van der Waals surface area contributed by atoms with Gasteiger partial charge in [0.15, 0.2) is 0 Å². The van der Waals surface area contributed by atoms with E-state index in [0.717, 1.165) is 6.07 Å². The third kappa shape index (κ3) is 2.85. The van der Waals surface area contributed by atoms with Crippen LogP contribution in [0.15, 0.2) is 18.2 Å². The van der Waals surface area contributed by atoms with E-state index in [0.29, 0.717) is 6.61 Å². The first kappa shape index (κ1) is 14.2. The average Bonchev–Trinajstić information content (AvgIpc) is 2.38. The van der Waals surface area contributed by atoms with Gasteiger partial charge in [0.05, 0.1) is 30.6 Å². The molecule has 1 fully saturated rings. The van der Waals surface area contributed by atoms with Crippen molar-refractivity contribution < 1.29 is 24.0 Å². The minimum Gasteiger partial charge on any atom is -0.481 e. The van der Waals surface area contributed by atoms with Crippen LogP contribution in [-0.2, 0) is 9.53 Å². The topological polar surface area (TPSA) is 92.9 Å². The zero-order chi connectivity index (χ0) is 14.7. The molecule has 0 aliphatic carbocycles. The zero-order valence-corrected chi connectivity index (χ0v) is 10.5. The molecule has 0 amide bonds. The molecule has 0 aromatic heterocycles. The molecule has 0 radical (unpaired) electrons. The molecular weight excluding hydrogens is 271 g/mol. The highest BCUT2D eigenvalue weighted by Crippen LogP contribution is 2.33. The Labute approximate surface area is 113 Å². The number of carboxylic acids is 1. The molecule has 7 nitrogen and oxygen atoms in total. The monoisotopic (exact) mass is 284 g/mol. The standard InChI is InChI=1S/C12H13FN2O5/c13-9-2-1-3-10(12(9)15(18)19)14-4-5-20-7-8(14)6-11(16)17/h1-3,8H,4-7H2,(H,16,17). The number of aliphatic carboxylic acids is 1. The fraction of sp³-hybridized carbons (Fsp3) is 0.417. The predicted octanol–water partition coefficient (Wildman–Crippen LogP) is 1.41. The van der Waals surface area contributed by atoms with Gasteiger partial charge in [-0.2, -0.15) is 4.39 Å². The van der Waals surface area contributed by atoms with Crippen LogP contribution in [0.2, 0.25) is 0 Å². The molecule has 1 unspecified atom stereocenters. The molecule has 0 bridgehead atoms. The van der Waals surface area contributed by atoms with Crippen molar-refractivity contribution in [2.24, 2.45) is 0 Å². The smallest absolute Gasteiger partial charge is 0.327 e. The van der Waals surface area contributed by atoms with Gasteiger partial charge in [0.1, 0.15) is 5.69 Å². The normalized spacial score (nSPS) is 18.9. The van der Waals surface area contributed by atoms with Crippen LogP contribution in [-0.4, -0.2) is 41.8 Å². The van der Waals surface area contributed by atoms with Crippen molar-refractivity contribution in [1.29, 1.82) is 0 Å². The first-order chi connectivity index (χ1) is 9.50. The van der Waals surface area contributed by atoms with Crippen LogP contribution in [0, 0.1) is 15.9 Å². The molecule has 0 saturated carbocycles. The predicted molar refractivity (Wildman–Crippen MR) is 67.3 cm³/mol. The summed E-state index contributed by atoms with van der Waals surface area (Å²) in [5.74, 6) is -1.97. The highest BCUT2D eigenvalue weighted by Gasteiger charge is 2.31. The fourth-order valence-corrected chi connectivity index (χ4v) is 2.26. The second-order valence-electron chi connectivity index (χ2n) is 4.38. The van der Waals surface area contributed by atoms with Gasteiger partial charge in [-0.1, -0.05) is 6.07 Å². The molecule has 2 rings (SSSR count). The summed E-state index contributed by atoms with van der Waals surface area (Å²) in [6.07, 6.45) is -0.229. The Morgan fingerprint density at radius 1 is 1.60 bits per heavy atom. The molecular formula is C12H13FN2O5. The van der Waals surface area contributed by atoms with Gasteiger partial charge >= 0.3 is 11.7 Å². The highest BCUT2D eigenvalue weighted by atomic mass is 19.1. The van der Waals surface area contributed by atoms with Crippen molar-refractivity contribution >= 4 is 17.3 Å². The van der Waals surface area contributed by atoms with Gasteiger partial charge in [0.25, 0.3) is 0 Å². The van der Waals surface area contributed by atoms with Gasteiger partial charge < -0.3 is 14.7 Å². The Kier molecular flexibility index (Phi) is 4.14. The number of hydrogen-bond donors (Lipinski definition) is 1. The molecule has 1 aliphatic rings. The van der Waals surface area contributed by atoms with Gasteiger partial charge in [-0.15, -0.1) is 0 Å². The number of anilines is 1. The largest absolute Gasteiger partial charge is 0.481 e. The van der Waals surface area contributed by atoms with E-state index in [9.17, 15) is 19.3 Å². The average molecular weight is 284 g/mol. The Morgan fingerprint density at radius 3 is 3.00 bits per heavy atom. The molecule has 108 valence electrons. The number of benzene rings is 1. The lowest BCUT2D eigenvalue weighted by molar-refractivity contribution is -0.386. The Balaban J connectivity index is 2.39. The summed E-state index contributed by atoms with van der Waals surface area (Å²) in [5, 5.41) is 19.9. The van der Waals surface area contributed by atoms with Crippen LogP contribution in [0.25, 0.3) is 0 Å². The Hall–Kier alpha value is -2.22. The number of nitrogens with zero attached hydrogens (tertiary/aromatic N) is 2. The maximum atomic E-state index is 13.6. The second-order valence-corrected chi connectivity index (χ2v) is 4.38. The van der Waals surface area contributed by atoms with E-state index in [2.05, 4.69) is 0 Å². The number of carboxylic acid groups (broad SMARTS) is 1. The number of nitro benzene ring substituents is 1. The molecule has 1 aromatic carbocycles. The van der Waals surface area contributed by atoms with Crippen molar-refractivity contribution in [2.45, 2.75) is 12.5 Å². The van der Waals surface area contributed by atoms with Crippen molar-refractivity contribution in [3.05, 3.63) is 34.1 Å². The molecule has 20 heavy (non-hydrogen) atoms. The van der Waals surface area contributed by atoms with Gasteiger partial charge in [0.2, 0.25) is 5.82 Å². The van der Waals surface area contributed by atoms with Crippen LogP contribution in [0.5, 0.6) is 0 Å². The molecule has 1 saturated heterocycles. The van der Waals surface area contributed by atoms with Crippen LogP contribution in [0.3, 0.4) is 0 Å². The van der Waals surface area contributed by atoms with Crippen molar-refractivity contribution in [2.75, 3.05) is 24.7 Å². The minimum absolute atomic E-state index is 0.0875. The number of rotatable bonds is 4. The molecule has 1 aliphatic heterocycles. The van der Waals surface area contributed by atoms with Crippen LogP contribution < -0.4 is 4.90 Å². The van der Waals surface area contributed by atoms with Crippen LogP contribution >= 0.6 is 0 Å². The van der Waals surface area contributed by atoms with E-state index >= 15 is 0 Å². The Morgan fingerprint density at radius 2 is 2.35 bits per heavy atom. The summed E-state index contributed by atoms with van der Waals surface area (Å²) >= 11 is 0. The van der Waals surface area contributed by atoms with Crippen LogP contribution in [0.1, 0.15) is 6.42 Å². The van der Waals surface area contributed by atoms with E-state index in [4.69, 9.17) is 9.84 Å². The fourth-order valence-electron chi connectivity index (χ4n) is 2.26. The number of para-hydroxylation sites is 1. The quantitative estimate of drug-likeness (QED) is 0.663. The second kappa shape index (κ2) is 5.83. The number of halogens is 1. The van der Waals surface area contributed by atoms with Crippen molar-refractivity contribution in [1.82, 2.24) is 0 Å². The maximum absolute atomic E-state index is 13.6. The summed E-state index contributed by atoms with van der Waals surface area (Å²) in [6, 6.07) is 3.24. The SMILES string of the molecule is O=C(O)CC1COCCN1c1cccc(F)c1[N+](=O)[O-]. The molecule has 0 spiro atoms. The lowest BCUT2D eigenvalue weighted by atomic mass is 10.1. The van der Waals surface area contributed by atoms with E-state index in [-0.39, 0.29) is 25.3 Å². The number of carbonyl (C=O) groups is 1. The highest BCUT2D eigenvalue weighted by molar-refractivity contribution is 5.70. The summed E-state index contributed by atoms with van der Waals surface area (Å²) in [6.45, 7) is 0.728. The van der Waals surface area contributed by atoms with Crippen LogP contribution in [0.4, 0.5) is 15.8 Å². The number of hydrogen-bond acceptors (Lipinski definition) is 5. The first-order valence-electron chi connectivity index (χ1n) is 5.99. The van der Waals surface area contributed by atoms with Gasteiger partial charge in [-0.25, -0.2) is 0 Å². The summed E-state index contributed by atoms with van der Waals surface area (Å²) in [5.41, 5.74) is -0.547. The van der Waals surface area contributed by atoms with Gasteiger partial charge in [0, 0.05) is 6.54 Å². The lowest BCUT2D eigenvalue weighted by Gasteiger charge is -2.36. The number of morpholine rings is 1. The summed E-state index contributed by atoms with van der Waals surface area (Å²) < 4.78 is 18.8. The van der Waals surface area contributed by atoms with Crippen molar-refractivity contribution in [3.8, 4) is 0 Å². The first-order valence-corrected chi connectivity index (χ1v) is 5.99. The van der Waals surface area contributed by atoms with E-state index in [1.807, 2.05) is 0 Å². The van der Waals surface area contributed by atoms with Gasteiger partial charge in [-0.05, 0) is 12.1 Å². The molecule has 1 aromatic rings. The summed E-state index contributed by atoms with van der Waals surface area (Å²) in [4.78, 5) is 22.6. The molecule has 8 heteroatoms. The molecule has 1 heterocycles. The third-order valence-corrected chi connectivity index (χ3v) is 3.10. The number of nitro groups is 1. The van der Waals surface area contributed by atoms with Crippen molar-refractivity contribution in [3.63, 3.8) is 0 Å². The maximum Gasteiger partial charge on any atom is 0.327 e. The molecule has 1 atom stereocenters. The molecule has 1 N–H and O–H groups in total. The lowest BCUT2D eigenvalue weighted by Crippen LogP contribution is -2.47. The third-order valence-electron chi connectivity index (χ3n) is 3.10. The zero-order valence-electron chi connectivity index (χ0n) is 10.5. The van der Waals surface area contributed by atoms with Gasteiger partial charge in [-0.3, -0.25) is 14.9 Å².